The molecule has 0 spiro atoms. The molecule has 3 heterocycles. The van der Waals surface area contributed by atoms with Crippen LogP contribution < -0.4 is 10.7 Å². The van der Waals surface area contributed by atoms with Gasteiger partial charge in [0.15, 0.2) is 0 Å². The Morgan fingerprint density at radius 1 is 1.33 bits per heavy atom. The third kappa shape index (κ3) is 2.27. The zero-order chi connectivity index (χ0) is 14.4. The first kappa shape index (κ1) is 13.3. The van der Waals surface area contributed by atoms with Crippen molar-refractivity contribution >= 4 is 27.5 Å². The Labute approximate surface area is 131 Å². The van der Waals surface area contributed by atoms with Crippen LogP contribution in [0.4, 0.5) is 5.69 Å². The molecule has 3 aliphatic heterocycles. The first-order valence-corrected chi connectivity index (χ1v) is 8.00. The predicted molar refractivity (Wildman–Crippen MR) is 82.2 cm³/mol. The maximum Gasteiger partial charge on any atom is 0.255 e. The summed E-state index contributed by atoms with van der Waals surface area (Å²) in [5.41, 5.74) is 6.10. The highest BCUT2D eigenvalue weighted by atomic mass is 79.9. The van der Waals surface area contributed by atoms with Crippen molar-refractivity contribution in [3.05, 3.63) is 40.0 Å². The first-order valence-electron chi connectivity index (χ1n) is 7.21. The molecule has 3 aliphatic rings. The fourth-order valence-electron chi connectivity index (χ4n) is 3.10. The standard InChI is InChI=1S/C15H16BrN3O2/c16-9-4-5-10-12(7-9)17-15(20)11-8-19(18-14(10)11)13-3-1-2-6-21-13/h4-5,7-8,13-14,18H,1-3,6H2,(H,17,20). The summed E-state index contributed by atoms with van der Waals surface area (Å²) in [5.74, 6) is -0.0450. The van der Waals surface area contributed by atoms with Gasteiger partial charge in [0.1, 0.15) is 6.23 Å². The number of carbonyl (C=O) groups is 1. The second-order valence-corrected chi connectivity index (χ2v) is 6.48. The molecule has 1 amide bonds. The summed E-state index contributed by atoms with van der Waals surface area (Å²) in [5, 5.41) is 4.91. The molecule has 2 unspecified atom stereocenters. The van der Waals surface area contributed by atoms with Crippen LogP contribution in [-0.2, 0) is 9.53 Å². The van der Waals surface area contributed by atoms with Crippen molar-refractivity contribution in [3.8, 4) is 0 Å². The van der Waals surface area contributed by atoms with E-state index >= 15 is 0 Å². The van der Waals surface area contributed by atoms with Crippen LogP contribution in [0.1, 0.15) is 30.9 Å². The average molecular weight is 350 g/mol. The molecule has 0 radical (unpaired) electrons. The van der Waals surface area contributed by atoms with Gasteiger partial charge in [-0.15, -0.1) is 0 Å². The lowest BCUT2D eigenvalue weighted by molar-refractivity contribution is -0.113. The van der Waals surface area contributed by atoms with E-state index < -0.39 is 0 Å². The van der Waals surface area contributed by atoms with Gasteiger partial charge in [-0.3, -0.25) is 9.80 Å². The summed E-state index contributed by atoms with van der Waals surface area (Å²) in [4.78, 5) is 12.3. The Morgan fingerprint density at radius 3 is 3.05 bits per heavy atom. The van der Waals surface area contributed by atoms with Gasteiger partial charge in [-0.25, -0.2) is 5.43 Å². The molecule has 0 bridgehead atoms. The van der Waals surface area contributed by atoms with Crippen LogP contribution in [0.15, 0.2) is 34.4 Å². The number of ether oxygens (including phenoxy) is 1. The molecule has 2 N–H and O–H groups in total. The fourth-order valence-corrected chi connectivity index (χ4v) is 3.46. The number of halogens is 1. The van der Waals surface area contributed by atoms with E-state index in [0.717, 1.165) is 47.2 Å². The lowest BCUT2D eigenvalue weighted by Crippen LogP contribution is -2.43. The fraction of sp³-hybridized carbons (Fsp3) is 0.400. The molecule has 0 aromatic heterocycles. The van der Waals surface area contributed by atoms with Crippen LogP contribution in [-0.4, -0.2) is 23.8 Å². The Balaban J connectivity index is 1.65. The van der Waals surface area contributed by atoms with Gasteiger partial charge in [0.2, 0.25) is 0 Å². The number of anilines is 1. The molecule has 110 valence electrons. The van der Waals surface area contributed by atoms with Crippen molar-refractivity contribution < 1.29 is 9.53 Å². The maximum absolute atomic E-state index is 12.3. The zero-order valence-electron chi connectivity index (χ0n) is 11.4. The molecular formula is C15H16BrN3O2. The highest BCUT2D eigenvalue weighted by molar-refractivity contribution is 9.10. The first-order chi connectivity index (χ1) is 10.2. The Morgan fingerprint density at radius 2 is 2.24 bits per heavy atom. The predicted octanol–water partition coefficient (Wildman–Crippen LogP) is 2.67. The molecule has 21 heavy (non-hydrogen) atoms. The number of nitrogens with one attached hydrogen (secondary N) is 2. The highest BCUT2D eigenvalue weighted by Gasteiger charge is 2.38. The van der Waals surface area contributed by atoms with Crippen molar-refractivity contribution in [2.75, 3.05) is 11.9 Å². The van der Waals surface area contributed by atoms with Crippen LogP contribution in [0.2, 0.25) is 0 Å². The quantitative estimate of drug-likeness (QED) is 0.818. The molecule has 5 nitrogen and oxygen atoms in total. The van der Waals surface area contributed by atoms with E-state index in [4.69, 9.17) is 4.74 Å². The highest BCUT2D eigenvalue weighted by Crippen LogP contribution is 2.39. The van der Waals surface area contributed by atoms with E-state index in [0.29, 0.717) is 0 Å². The smallest absolute Gasteiger partial charge is 0.255 e. The van der Waals surface area contributed by atoms with Gasteiger partial charge in [-0.05, 0) is 37.0 Å². The van der Waals surface area contributed by atoms with Gasteiger partial charge in [-0.1, -0.05) is 22.0 Å². The monoisotopic (exact) mass is 349 g/mol. The molecule has 1 saturated heterocycles. The minimum absolute atomic E-state index is 0.0172. The van der Waals surface area contributed by atoms with Crippen LogP contribution in [0, 0.1) is 0 Å². The number of amides is 1. The Hall–Kier alpha value is -1.37. The molecule has 0 aliphatic carbocycles. The number of hydrogen-bond acceptors (Lipinski definition) is 4. The topological polar surface area (TPSA) is 53.6 Å². The average Bonchev–Trinajstić information content (AvgIpc) is 2.94. The van der Waals surface area contributed by atoms with Crippen LogP contribution in [0.3, 0.4) is 0 Å². The van der Waals surface area contributed by atoms with Crippen molar-refractivity contribution in [1.82, 2.24) is 10.4 Å². The summed E-state index contributed by atoms with van der Waals surface area (Å²) >= 11 is 3.44. The molecule has 4 rings (SSSR count). The largest absolute Gasteiger partial charge is 0.357 e. The van der Waals surface area contributed by atoms with Gasteiger partial charge in [0, 0.05) is 23.0 Å². The number of hydrazine groups is 1. The van der Waals surface area contributed by atoms with Crippen LogP contribution in [0.5, 0.6) is 0 Å². The Bertz CT molecular complexity index is 625. The number of rotatable bonds is 1. The van der Waals surface area contributed by atoms with E-state index in [-0.39, 0.29) is 18.2 Å². The van der Waals surface area contributed by atoms with Crippen molar-refractivity contribution in [1.29, 1.82) is 0 Å². The summed E-state index contributed by atoms with van der Waals surface area (Å²) < 4.78 is 6.75. The molecule has 0 saturated carbocycles. The molecule has 6 heteroatoms. The van der Waals surface area contributed by atoms with E-state index in [9.17, 15) is 4.79 Å². The van der Waals surface area contributed by atoms with E-state index in [2.05, 4.69) is 26.7 Å². The second-order valence-electron chi connectivity index (χ2n) is 5.56. The third-order valence-corrected chi connectivity index (χ3v) is 4.66. The van der Waals surface area contributed by atoms with Gasteiger partial charge in [-0.2, -0.15) is 0 Å². The minimum atomic E-state index is -0.0904. The number of carbonyl (C=O) groups excluding carboxylic acids is 1. The summed E-state index contributed by atoms with van der Waals surface area (Å²) in [6.07, 6.45) is 5.16. The second kappa shape index (κ2) is 5.12. The maximum atomic E-state index is 12.3. The van der Waals surface area contributed by atoms with Gasteiger partial charge >= 0.3 is 0 Å². The van der Waals surface area contributed by atoms with Crippen molar-refractivity contribution in [2.45, 2.75) is 31.5 Å². The summed E-state index contributed by atoms with van der Waals surface area (Å²) in [7, 11) is 0. The third-order valence-electron chi connectivity index (χ3n) is 4.17. The van der Waals surface area contributed by atoms with Crippen LogP contribution >= 0.6 is 15.9 Å². The molecule has 1 aromatic carbocycles. The summed E-state index contributed by atoms with van der Waals surface area (Å²) in [6, 6.07) is 5.88. The lowest BCUT2D eigenvalue weighted by Gasteiger charge is -2.32. The number of benzene rings is 1. The zero-order valence-corrected chi connectivity index (χ0v) is 13.0. The van der Waals surface area contributed by atoms with Gasteiger partial charge in [0.25, 0.3) is 5.91 Å². The number of hydrogen-bond donors (Lipinski definition) is 2. The lowest BCUT2D eigenvalue weighted by atomic mass is 9.95. The van der Waals surface area contributed by atoms with E-state index in [1.54, 1.807) is 0 Å². The number of nitrogens with zero attached hydrogens (tertiary/aromatic N) is 1. The van der Waals surface area contributed by atoms with Crippen LogP contribution in [0.25, 0.3) is 0 Å². The van der Waals surface area contributed by atoms with E-state index in [1.807, 2.05) is 29.4 Å². The number of fused-ring (bicyclic) bond motifs is 3. The molecule has 2 atom stereocenters. The minimum Gasteiger partial charge on any atom is -0.357 e. The van der Waals surface area contributed by atoms with Gasteiger partial charge < -0.3 is 10.1 Å². The SMILES string of the molecule is O=C1Nc2cc(Br)ccc2C2NN(C3CCCCO3)C=C12. The van der Waals surface area contributed by atoms with E-state index in [1.165, 1.54) is 0 Å². The van der Waals surface area contributed by atoms with Gasteiger partial charge in [0.05, 0.1) is 11.6 Å². The summed E-state index contributed by atoms with van der Waals surface area (Å²) in [6.45, 7) is 0.784. The molecule has 1 fully saturated rings. The molecular weight excluding hydrogens is 334 g/mol. The normalized spacial score (nSPS) is 27.8. The van der Waals surface area contributed by atoms with Crippen molar-refractivity contribution in [3.63, 3.8) is 0 Å². The van der Waals surface area contributed by atoms with Crippen molar-refractivity contribution in [2.24, 2.45) is 0 Å². The molecule has 1 aromatic rings. The Kier molecular flexibility index (Phi) is 3.24.